The number of aromatic nitrogens is 2. The zero-order valence-electron chi connectivity index (χ0n) is 38.7. The number of nitrogens with zero attached hydrogens (tertiary/aromatic N) is 2. The van der Waals surface area contributed by atoms with Crippen molar-refractivity contribution in [2.24, 2.45) is 0 Å². The molecule has 8 nitrogen and oxygen atoms in total. The Morgan fingerprint density at radius 3 is 1.13 bits per heavy atom. The molecule has 2 aromatic heterocycles. The summed E-state index contributed by atoms with van der Waals surface area (Å²) in [4.78, 5) is 33.2. The molecule has 2 heterocycles. The van der Waals surface area contributed by atoms with Gasteiger partial charge in [0.2, 0.25) is 11.8 Å². The quantitative estimate of drug-likeness (QED) is 0.101. The summed E-state index contributed by atoms with van der Waals surface area (Å²) in [5, 5.41) is 9.19. The van der Waals surface area contributed by atoms with E-state index >= 15 is 0 Å². The molecule has 0 fully saturated rings. The van der Waals surface area contributed by atoms with Crippen LogP contribution in [0.2, 0.25) is 0 Å². The smallest absolute Gasteiger partial charge is 0.306 e. The van der Waals surface area contributed by atoms with Crippen LogP contribution in [0.1, 0.15) is 38.3 Å². The van der Waals surface area contributed by atoms with E-state index in [4.69, 9.17) is 23.5 Å². The second-order valence-electron chi connectivity index (χ2n) is 16.5. The van der Waals surface area contributed by atoms with Gasteiger partial charge in [0.05, 0.1) is 6.61 Å². The number of esters is 1. The van der Waals surface area contributed by atoms with Gasteiger partial charge in [-0.15, -0.1) is 0 Å². The van der Waals surface area contributed by atoms with Crippen LogP contribution >= 0.6 is 0 Å². The van der Waals surface area contributed by atoms with E-state index in [1.165, 1.54) is 0 Å². The van der Waals surface area contributed by atoms with Gasteiger partial charge in [0.25, 0.3) is 0 Å². The van der Waals surface area contributed by atoms with Gasteiger partial charge in [-0.05, 0) is 65.3 Å². The van der Waals surface area contributed by atoms with Crippen LogP contribution in [0.15, 0.2) is 227 Å². The second kappa shape index (κ2) is 23.4. The topological polar surface area (TPSA) is 116 Å². The maximum atomic E-state index is 12.0. The van der Waals surface area contributed by atoms with Gasteiger partial charge in [0, 0.05) is 46.2 Å². The molecule has 0 amide bonds. The van der Waals surface area contributed by atoms with Crippen molar-refractivity contribution in [3.63, 3.8) is 0 Å². The zero-order chi connectivity index (χ0) is 48.1. The summed E-state index contributed by atoms with van der Waals surface area (Å²) >= 11 is 0. The van der Waals surface area contributed by atoms with Crippen molar-refractivity contribution in [3.05, 3.63) is 230 Å². The number of oxazole rings is 2. The molecular weight excluding hydrogens is 881 g/mol. The van der Waals surface area contributed by atoms with Crippen LogP contribution in [0.25, 0.3) is 90.3 Å². The maximum absolute atomic E-state index is 12.0. The SMILES string of the molecule is C.CCOC(=O)CCc1ccccc1-c1ccccc1-c1nc(-c2ccccc2)c(-c2ccccc2)o1.O=C(O)CCc1ccccc1-c1ccccc1-c1nc(-c2ccccc2)c(-c2ccccc2)o1. The van der Waals surface area contributed by atoms with E-state index < -0.39 is 5.97 Å². The Labute approximate surface area is 415 Å². The molecular formula is C63H54N2O6. The van der Waals surface area contributed by atoms with Crippen molar-refractivity contribution in [3.8, 4) is 90.3 Å². The summed E-state index contributed by atoms with van der Waals surface area (Å²) < 4.78 is 18.1. The van der Waals surface area contributed by atoms with Crippen LogP contribution in [0, 0.1) is 0 Å². The normalized spacial score (nSPS) is 10.7. The molecule has 0 aliphatic heterocycles. The molecule has 71 heavy (non-hydrogen) atoms. The van der Waals surface area contributed by atoms with Crippen molar-refractivity contribution in [2.45, 2.75) is 40.0 Å². The van der Waals surface area contributed by atoms with Crippen LogP contribution in [0.3, 0.4) is 0 Å². The van der Waals surface area contributed by atoms with Gasteiger partial charge in [-0.1, -0.05) is 214 Å². The highest BCUT2D eigenvalue weighted by molar-refractivity contribution is 5.87. The third-order valence-electron chi connectivity index (χ3n) is 11.9. The predicted molar refractivity (Wildman–Crippen MR) is 284 cm³/mol. The standard InChI is InChI=1S/C32H27NO3.C30H23NO3.CH4/c1-2-35-29(34)22-21-23-13-9-10-18-26(23)27-19-11-12-20-28(27)32-33-30(24-14-5-3-6-15-24)31(36-32)25-16-7-4-8-17-25;32-27(33)20-19-21-11-7-8-16-24(21)25-17-9-10-18-26(25)30-31-28(22-12-3-1-4-13-22)29(34-30)23-14-5-2-6-15-23;/h3-20H,2,21-22H2,1H3;1-18H,19-20H2,(H,32,33);1H4. The Kier molecular flexibility index (Phi) is 16.0. The van der Waals surface area contributed by atoms with Gasteiger partial charge in [-0.3, -0.25) is 9.59 Å². The highest BCUT2D eigenvalue weighted by atomic mass is 16.5. The van der Waals surface area contributed by atoms with Gasteiger partial charge in [-0.2, -0.15) is 0 Å². The molecule has 1 N–H and O–H groups in total. The van der Waals surface area contributed by atoms with Crippen molar-refractivity contribution >= 4 is 11.9 Å². The van der Waals surface area contributed by atoms with Crippen LogP contribution in [-0.2, 0) is 27.2 Å². The number of benzene rings is 8. The number of aliphatic carboxylic acids is 1. The van der Waals surface area contributed by atoms with Gasteiger partial charge in [0.15, 0.2) is 11.5 Å². The lowest BCUT2D eigenvalue weighted by atomic mass is 9.93. The van der Waals surface area contributed by atoms with E-state index in [0.717, 1.165) is 89.7 Å². The van der Waals surface area contributed by atoms with Crippen molar-refractivity contribution in [1.29, 1.82) is 0 Å². The molecule has 8 aromatic carbocycles. The second-order valence-corrected chi connectivity index (χ2v) is 16.5. The summed E-state index contributed by atoms with van der Waals surface area (Å²) in [6.45, 7) is 2.22. The van der Waals surface area contributed by atoms with Crippen molar-refractivity contribution in [1.82, 2.24) is 9.97 Å². The summed E-state index contributed by atoms with van der Waals surface area (Å²) in [6.07, 6.45) is 1.46. The lowest BCUT2D eigenvalue weighted by Crippen LogP contribution is -2.05. The highest BCUT2D eigenvalue weighted by Gasteiger charge is 2.23. The van der Waals surface area contributed by atoms with Crippen LogP contribution in [-0.4, -0.2) is 33.6 Å². The monoisotopic (exact) mass is 934 g/mol. The zero-order valence-corrected chi connectivity index (χ0v) is 38.7. The average Bonchev–Trinajstić information content (AvgIpc) is 4.08. The lowest BCUT2D eigenvalue weighted by Gasteiger charge is -2.12. The lowest BCUT2D eigenvalue weighted by molar-refractivity contribution is -0.143. The number of hydrogen-bond donors (Lipinski definition) is 1. The molecule has 8 heteroatoms. The first-order valence-corrected chi connectivity index (χ1v) is 23.4. The van der Waals surface area contributed by atoms with E-state index in [1.807, 2.05) is 207 Å². The highest BCUT2D eigenvalue weighted by Crippen LogP contribution is 2.42. The molecule has 0 aliphatic carbocycles. The van der Waals surface area contributed by atoms with Crippen molar-refractivity contribution in [2.75, 3.05) is 6.61 Å². The first-order chi connectivity index (χ1) is 34.4. The largest absolute Gasteiger partial charge is 0.481 e. The Balaban J connectivity index is 0.000000188. The molecule has 0 radical (unpaired) electrons. The predicted octanol–water partition coefficient (Wildman–Crippen LogP) is 15.8. The minimum absolute atomic E-state index is 0. The molecule has 0 aliphatic rings. The molecule has 0 bridgehead atoms. The Morgan fingerprint density at radius 2 is 0.746 bits per heavy atom. The number of aryl methyl sites for hydroxylation is 2. The van der Waals surface area contributed by atoms with E-state index in [-0.39, 0.29) is 19.8 Å². The van der Waals surface area contributed by atoms with E-state index in [9.17, 15) is 14.7 Å². The number of carbonyl (C=O) groups is 2. The third kappa shape index (κ3) is 11.5. The number of hydrogen-bond acceptors (Lipinski definition) is 7. The summed E-state index contributed by atoms with van der Waals surface area (Å²) in [6, 6.07) is 72.3. The first-order valence-electron chi connectivity index (χ1n) is 23.4. The number of carbonyl (C=O) groups excluding carboxylic acids is 1. The number of carboxylic acids is 1. The summed E-state index contributed by atoms with van der Waals surface area (Å²) in [5.74, 6) is 1.55. The number of ether oxygens (including phenoxy) is 1. The van der Waals surface area contributed by atoms with E-state index in [0.29, 0.717) is 37.7 Å². The van der Waals surface area contributed by atoms with Crippen LogP contribution < -0.4 is 0 Å². The Hall–Kier alpha value is -8.88. The summed E-state index contributed by atoms with van der Waals surface area (Å²) in [7, 11) is 0. The minimum atomic E-state index is -0.809. The molecule has 0 spiro atoms. The average molecular weight is 935 g/mol. The van der Waals surface area contributed by atoms with Gasteiger partial charge in [0.1, 0.15) is 11.4 Å². The first kappa shape index (κ1) is 48.6. The van der Waals surface area contributed by atoms with Gasteiger partial charge in [-0.25, -0.2) is 9.97 Å². The molecule has 0 saturated carbocycles. The molecule has 0 saturated heterocycles. The minimum Gasteiger partial charge on any atom is -0.481 e. The molecule has 10 aromatic rings. The van der Waals surface area contributed by atoms with Crippen molar-refractivity contribution < 1.29 is 28.3 Å². The molecule has 0 atom stereocenters. The maximum Gasteiger partial charge on any atom is 0.306 e. The fraction of sp³-hybridized carbons (Fsp3) is 0.111. The van der Waals surface area contributed by atoms with E-state index in [2.05, 4.69) is 18.2 Å². The Bertz CT molecular complexity index is 3210. The van der Waals surface area contributed by atoms with Crippen LogP contribution in [0.4, 0.5) is 0 Å². The van der Waals surface area contributed by atoms with Crippen LogP contribution in [0.5, 0.6) is 0 Å². The molecule has 10 rings (SSSR count). The number of rotatable bonds is 15. The fourth-order valence-corrected chi connectivity index (χ4v) is 8.55. The van der Waals surface area contributed by atoms with Gasteiger partial charge >= 0.3 is 11.9 Å². The third-order valence-corrected chi connectivity index (χ3v) is 11.9. The molecule has 0 unspecified atom stereocenters. The number of carboxylic acid groups (broad SMARTS) is 1. The summed E-state index contributed by atoms with van der Waals surface area (Å²) in [5.41, 5.74) is 13.4. The van der Waals surface area contributed by atoms with E-state index in [1.54, 1.807) is 0 Å². The Morgan fingerprint density at radius 1 is 0.423 bits per heavy atom. The molecule has 352 valence electrons. The fourth-order valence-electron chi connectivity index (χ4n) is 8.55. The van der Waals surface area contributed by atoms with Gasteiger partial charge < -0.3 is 18.7 Å².